The number of hydrogen-bond donors (Lipinski definition) is 4. The molecule has 32 heavy (non-hydrogen) atoms. The Morgan fingerprint density at radius 1 is 1.12 bits per heavy atom. The number of amides is 2. The molecule has 1 aromatic carbocycles. The summed E-state index contributed by atoms with van der Waals surface area (Å²) in [6.07, 6.45) is 3.98. The van der Waals surface area contributed by atoms with Gasteiger partial charge in [0.25, 0.3) is 0 Å². The maximum Gasteiger partial charge on any atom is 0.304 e. The highest BCUT2D eigenvalue weighted by molar-refractivity contribution is 5.87. The molecule has 1 aliphatic carbocycles. The zero-order chi connectivity index (χ0) is 24.5. The molecule has 0 aromatic heterocycles. The highest BCUT2D eigenvalue weighted by Gasteiger charge is 2.28. The lowest BCUT2D eigenvalue weighted by molar-refractivity contribution is -0.141. The van der Waals surface area contributed by atoms with Crippen molar-refractivity contribution < 1.29 is 24.6 Å². The van der Waals surface area contributed by atoms with E-state index in [4.69, 9.17) is 10.2 Å². The standard InChI is InChI=1S/C18H24N2O4.C4H10.C3H8O/c1-19-16(21)11-20-18(24)15(10-17(22)23)9-12-6-7-13-4-2-3-5-14(13)8-12;1-4(2)3;1-2-3-4/h2-5,12,15H,6-11H2,1H3,(H,19,21)(H,20,24)(H,22,23);4H,1-3H3;4H,2-3H2,1H3. The van der Waals surface area contributed by atoms with Crippen LogP contribution in [0.15, 0.2) is 24.3 Å². The summed E-state index contributed by atoms with van der Waals surface area (Å²) in [4.78, 5) is 34.6. The zero-order valence-electron chi connectivity index (χ0n) is 20.3. The SMILES string of the molecule is CC(C)C.CCCO.CNC(=O)CNC(=O)C(CC(=O)O)CC1CCc2ccccc2C1. The van der Waals surface area contributed by atoms with Crippen molar-refractivity contribution in [3.05, 3.63) is 35.4 Å². The van der Waals surface area contributed by atoms with Crippen LogP contribution in [0, 0.1) is 17.8 Å². The van der Waals surface area contributed by atoms with E-state index in [-0.39, 0.29) is 30.7 Å². The van der Waals surface area contributed by atoms with Crippen molar-refractivity contribution in [1.82, 2.24) is 10.6 Å². The number of carbonyl (C=O) groups excluding carboxylic acids is 2. The Kier molecular flexibility index (Phi) is 15.9. The van der Waals surface area contributed by atoms with Gasteiger partial charge >= 0.3 is 5.97 Å². The van der Waals surface area contributed by atoms with Gasteiger partial charge in [-0.2, -0.15) is 0 Å². The number of aryl methyl sites for hydroxylation is 1. The number of nitrogens with one attached hydrogen (secondary N) is 2. The molecule has 0 aliphatic heterocycles. The van der Waals surface area contributed by atoms with Gasteiger partial charge in [0, 0.05) is 19.6 Å². The maximum atomic E-state index is 12.3. The van der Waals surface area contributed by atoms with E-state index < -0.39 is 11.9 Å². The quantitative estimate of drug-likeness (QED) is 0.485. The number of rotatable bonds is 8. The predicted molar refractivity (Wildman–Crippen MR) is 127 cm³/mol. The van der Waals surface area contributed by atoms with Crippen LogP contribution in [0.25, 0.3) is 0 Å². The summed E-state index contributed by atoms with van der Waals surface area (Å²) < 4.78 is 0. The Balaban J connectivity index is 0.00000104. The third-order valence-corrected chi connectivity index (χ3v) is 4.78. The second-order valence-electron chi connectivity index (χ2n) is 8.75. The van der Waals surface area contributed by atoms with Crippen LogP contribution in [-0.4, -0.2) is 48.2 Å². The van der Waals surface area contributed by atoms with Gasteiger partial charge in [-0.3, -0.25) is 14.4 Å². The topological polar surface area (TPSA) is 116 Å². The third kappa shape index (κ3) is 13.8. The molecule has 7 heteroatoms. The fraction of sp³-hybridized carbons (Fsp3) is 0.640. The van der Waals surface area contributed by atoms with Crippen molar-refractivity contribution in [1.29, 1.82) is 0 Å². The minimum atomic E-state index is -0.994. The maximum absolute atomic E-state index is 12.3. The van der Waals surface area contributed by atoms with Crippen LogP contribution in [0.2, 0.25) is 0 Å². The number of likely N-dealkylation sites (N-methyl/N-ethyl adjacent to an activating group) is 1. The molecule has 2 amide bonds. The van der Waals surface area contributed by atoms with Crippen LogP contribution in [0.5, 0.6) is 0 Å². The summed E-state index contributed by atoms with van der Waals surface area (Å²) in [5, 5.41) is 21.9. The van der Waals surface area contributed by atoms with Gasteiger partial charge in [-0.05, 0) is 55.1 Å². The molecule has 4 N–H and O–H groups in total. The van der Waals surface area contributed by atoms with E-state index in [1.807, 2.05) is 19.1 Å². The van der Waals surface area contributed by atoms with Gasteiger partial charge in [-0.25, -0.2) is 0 Å². The monoisotopic (exact) mass is 450 g/mol. The molecule has 2 atom stereocenters. The Labute approximate surface area is 193 Å². The fourth-order valence-corrected chi connectivity index (χ4v) is 3.27. The van der Waals surface area contributed by atoms with Crippen LogP contribution in [-0.2, 0) is 27.2 Å². The van der Waals surface area contributed by atoms with E-state index in [0.717, 1.165) is 31.6 Å². The lowest BCUT2D eigenvalue weighted by Crippen LogP contribution is -2.39. The number of aliphatic hydroxyl groups excluding tert-OH is 1. The van der Waals surface area contributed by atoms with Crippen molar-refractivity contribution in [2.75, 3.05) is 20.2 Å². The number of aliphatic hydroxyl groups is 1. The van der Waals surface area contributed by atoms with Gasteiger partial charge in [0.05, 0.1) is 13.0 Å². The molecule has 0 bridgehead atoms. The summed E-state index contributed by atoms with van der Waals surface area (Å²) in [6.45, 7) is 8.62. The molecule has 182 valence electrons. The number of benzene rings is 1. The van der Waals surface area contributed by atoms with E-state index in [1.165, 1.54) is 18.2 Å². The highest BCUT2D eigenvalue weighted by Crippen LogP contribution is 2.30. The first-order valence-electron chi connectivity index (χ1n) is 11.5. The van der Waals surface area contributed by atoms with Crippen LogP contribution < -0.4 is 10.6 Å². The average Bonchev–Trinajstić information content (AvgIpc) is 2.76. The number of hydrogen-bond acceptors (Lipinski definition) is 4. The summed E-state index contributed by atoms with van der Waals surface area (Å²) in [5.74, 6) is -1.15. The summed E-state index contributed by atoms with van der Waals surface area (Å²) in [5.41, 5.74) is 2.63. The number of aliphatic carboxylic acids is 1. The van der Waals surface area contributed by atoms with Gasteiger partial charge < -0.3 is 20.8 Å². The molecule has 0 heterocycles. The van der Waals surface area contributed by atoms with Crippen molar-refractivity contribution in [3.63, 3.8) is 0 Å². The molecule has 1 aliphatic rings. The van der Waals surface area contributed by atoms with E-state index in [1.54, 1.807) is 0 Å². The predicted octanol–water partition coefficient (Wildman–Crippen LogP) is 3.19. The van der Waals surface area contributed by atoms with E-state index >= 15 is 0 Å². The molecule has 0 fully saturated rings. The number of carboxylic acids is 1. The van der Waals surface area contributed by atoms with Crippen LogP contribution >= 0.6 is 0 Å². The molecular weight excluding hydrogens is 408 g/mol. The van der Waals surface area contributed by atoms with E-state index in [9.17, 15) is 14.4 Å². The molecule has 0 saturated heterocycles. The summed E-state index contributed by atoms with van der Waals surface area (Å²) in [6, 6.07) is 8.25. The van der Waals surface area contributed by atoms with Gasteiger partial charge in [0.2, 0.25) is 11.8 Å². The molecule has 1 aromatic rings. The summed E-state index contributed by atoms with van der Waals surface area (Å²) in [7, 11) is 1.49. The third-order valence-electron chi connectivity index (χ3n) is 4.78. The molecule has 0 spiro atoms. The zero-order valence-corrected chi connectivity index (χ0v) is 20.3. The minimum Gasteiger partial charge on any atom is -0.481 e. The van der Waals surface area contributed by atoms with Crippen LogP contribution in [0.4, 0.5) is 0 Å². The first-order chi connectivity index (χ1) is 15.1. The first-order valence-corrected chi connectivity index (χ1v) is 11.5. The van der Waals surface area contributed by atoms with Crippen LogP contribution in [0.3, 0.4) is 0 Å². The molecule has 0 saturated carbocycles. The first kappa shape index (κ1) is 29.6. The Morgan fingerprint density at radius 3 is 2.19 bits per heavy atom. The Bertz CT molecular complexity index is 686. The lowest BCUT2D eigenvalue weighted by atomic mass is 9.78. The molecular formula is C25H42N2O5. The van der Waals surface area contributed by atoms with E-state index in [0.29, 0.717) is 13.0 Å². The van der Waals surface area contributed by atoms with Crippen molar-refractivity contribution in [3.8, 4) is 0 Å². The number of fused-ring (bicyclic) bond motifs is 1. The van der Waals surface area contributed by atoms with Crippen molar-refractivity contribution >= 4 is 17.8 Å². The number of carbonyl (C=O) groups is 3. The van der Waals surface area contributed by atoms with Gasteiger partial charge in [0.15, 0.2) is 0 Å². The lowest BCUT2D eigenvalue weighted by Gasteiger charge is -2.27. The molecule has 7 nitrogen and oxygen atoms in total. The van der Waals surface area contributed by atoms with Crippen LogP contribution in [0.1, 0.15) is 64.5 Å². The Hall–Kier alpha value is -2.41. The largest absolute Gasteiger partial charge is 0.481 e. The molecule has 2 unspecified atom stereocenters. The molecule has 0 radical (unpaired) electrons. The normalized spacial score (nSPS) is 15.2. The van der Waals surface area contributed by atoms with E-state index in [2.05, 4.69) is 43.5 Å². The fourth-order valence-electron chi connectivity index (χ4n) is 3.27. The second kappa shape index (κ2) is 17.2. The van der Waals surface area contributed by atoms with Gasteiger partial charge in [-0.1, -0.05) is 52.0 Å². The van der Waals surface area contributed by atoms with Gasteiger partial charge in [0.1, 0.15) is 0 Å². The molecule has 2 rings (SSSR count). The van der Waals surface area contributed by atoms with Crippen molar-refractivity contribution in [2.45, 2.75) is 66.2 Å². The number of carboxylic acid groups (broad SMARTS) is 1. The van der Waals surface area contributed by atoms with Gasteiger partial charge in [-0.15, -0.1) is 0 Å². The second-order valence-corrected chi connectivity index (χ2v) is 8.75. The average molecular weight is 451 g/mol. The smallest absolute Gasteiger partial charge is 0.304 e. The Morgan fingerprint density at radius 2 is 1.69 bits per heavy atom. The minimum absolute atomic E-state index is 0.126. The highest BCUT2D eigenvalue weighted by atomic mass is 16.4. The van der Waals surface area contributed by atoms with Crippen molar-refractivity contribution in [2.24, 2.45) is 17.8 Å². The summed E-state index contributed by atoms with van der Waals surface area (Å²) >= 11 is 0.